The third-order valence-electron chi connectivity index (χ3n) is 4.82. The van der Waals surface area contributed by atoms with Gasteiger partial charge in [-0.25, -0.2) is 0 Å². The van der Waals surface area contributed by atoms with Crippen LogP contribution in [-0.2, 0) is 4.79 Å². The van der Waals surface area contributed by atoms with Crippen LogP contribution in [0.25, 0.3) is 5.57 Å². The molecule has 2 N–H and O–H groups in total. The molecular weight excluding hydrogens is 326 g/mol. The quantitative estimate of drug-likeness (QED) is 0.783. The summed E-state index contributed by atoms with van der Waals surface area (Å²) in [6, 6.07) is 15.5. The number of anilines is 2. The Hall–Kier alpha value is -2.79. The Balaban J connectivity index is 1.33. The van der Waals surface area contributed by atoms with E-state index in [9.17, 15) is 4.79 Å². The Bertz CT molecular complexity index is 808. The van der Waals surface area contributed by atoms with Crippen molar-refractivity contribution < 1.29 is 9.53 Å². The first-order valence-corrected chi connectivity index (χ1v) is 9.12. The molecule has 134 valence electrons. The van der Waals surface area contributed by atoms with Crippen molar-refractivity contribution in [2.75, 3.05) is 36.9 Å². The lowest BCUT2D eigenvalue weighted by atomic mass is 10.1. The molecule has 2 aromatic rings. The van der Waals surface area contributed by atoms with Crippen molar-refractivity contribution in [3.8, 4) is 5.75 Å². The van der Waals surface area contributed by atoms with Gasteiger partial charge in [-0.1, -0.05) is 18.2 Å². The second kappa shape index (κ2) is 7.62. The molecule has 2 aliphatic rings. The van der Waals surface area contributed by atoms with E-state index in [2.05, 4.69) is 15.5 Å². The highest BCUT2D eigenvalue weighted by atomic mass is 16.5. The van der Waals surface area contributed by atoms with Gasteiger partial charge in [0.15, 0.2) is 0 Å². The molecule has 0 spiro atoms. The van der Waals surface area contributed by atoms with Gasteiger partial charge < -0.3 is 15.4 Å². The zero-order valence-corrected chi connectivity index (χ0v) is 14.7. The lowest BCUT2D eigenvalue weighted by molar-refractivity contribution is -0.110. The minimum atomic E-state index is -0.0828. The summed E-state index contributed by atoms with van der Waals surface area (Å²) in [5.74, 6) is 0.784. The number of hydrogen-bond acceptors (Lipinski definition) is 4. The van der Waals surface area contributed by atoms with E-state index in [1.165, 1.54) is 25.9 Å². The van der Waals surface area contributed by atoms with Crippen molar-refractivity contribution in [1.82, 2.24) is 4.90 Å². The minimum Gasteiger partial charge on any atom is -0.492 e. The molecule has 0 bridgehead atoms. The fourth-order valence-electron chi connectivity index (χ4n) is 3.38. The standard InChI is InChI=1S/C21H23N3O2/c25-21-19(18-5-1-2-6-20(18)23-21)15-22-16-7-9-17(10-8-16)26-14-13-24-11-3-4-12-24/h1-2,5-10,15,22H,3-4,11-14H2,(H,23,25)/b19-15+. The maximum Gasteiger partial charge on any atom is 0.257 e. The molecule has 4 rings (SSSR count). The predicted octanol–water partition coefficient (Wildman–Crippen LogP) is 3.57. The SMILES string of the molecule is O=C1Nc2ccccc2/C1=C\Nc1ccc(OCCN2CCCC2)cc1. The number of para-hydroxylation sites is 1. The van der Waals surface area contributed by atoms with Crippen LogP contribution < -0.4 is 15.4 Å². The van der Waals surface area contributed by atoms with Gasteiger partial charge in [-0.05, 0) is 56.3 Å². The first kappa shape index (κ1) is 16.7. The molecule has 0 unspecified atom stereocenters. The van der Waals surface area contributed by atoms with Crippen molar-refractivity contribution >= 4 is 22.9 Å². The number of likely N-dealkylation sites (tertiary alicyclic amines) is 1. The fraction of sp³-hybridized carbons (Fsp3) is 0.286. The molecule has 0 saturated carbocycles. The summed E-state index contributed by atoms with van der Waals surface area (Å²) in [6.07, 6.45) is 4.36. The number of nitrogens with one attached hydrogen (secondary N) is 2. The summed E-state index contributed by atoms with van der Waals surface area (Å²) in [5.41, 5.74) is 3.34. The highest BCUT2D eigenvalue weighted by molar-refractivity contribution is 6.31. The van der Waals surface area contributed by atoms with Crippen molar-refractivity contribution in [2.24, 2.45) is 0 Å². The second-order valence-electron chi connectivity index (χ2n) is 6.62. The van der Waals surface area contributed by atoms with Crippen LogP contribution in [0.3, 0.4) is 0 Å². The number of nitrogens with zero attached hydrogens (tertiary/aromatic N) is 1. The smallest absolute Gasteiger partial charge is 0.257 e. The Morgan fingerprint density at radius 3 is 2.65 bits per heavy atom. The van der Waals surface area contributed by atoms with E-state index >= 15 is 0 Å². The van der Waals surface area contributed by atoms with Gasteiger partial charge in [-0.3, -0.25) is 9.69 Å². The van der Waals surface area contributed by atoms with E-state index in [1.807, 2.05) is 48.5 Å². The van der Waals surface area contributed by atoms with E-state index < -0.39 is 0 Å². The third-order valence-corrected chi connectivity index (χ3v) is 4.82. The number of ether oxygens (including phenoxy) is 1. The van der Waals surface area contributed by atoms with Gasteiger partial charge in [0, 0.05) is 29.7 Å². The molecule has 2 aromatic carbocycles. The van der Waals surface area contributed by atoms with Gasteiger partial charge in [0.1, 0.15) is 12.4 Å². The number of amides is 1. The van der Waals surface area contributed by atoms with Gasteiger partial charge in [0.25, 0.3) is 5.91 Å². The summed E-state index contributed by atoms with van der Waals surface area (Å²) >= 11 is 0. The van der Waals surface area contributed by atoms with Crippen LogP contribution in [0, 0.1) is 0 Å². The number of benzene rings is 2. The third kappa shape index (κ3) is 3.73. The average Bonchev–Trinajstić information content (AvgIpc) is 3.28. The summed E-state index contributed by atoms with van der Waals surface area (Å²) in [4.78, 5) is 14.5. The van der Waals surface area contributed by atoms with E-state index in [0.717, 1.165) is 29.2 Å². The average molecular weight is 349 g/mol. The molecule has 1 saturated heterocycles. The Morgan fingerprint density at radius 2 is 1.85 bits per heavy atom. The van der Waals surface area contributed by atoms with Crippen LogP contribution in [0.5, 0.6) is 5.75 Å². The number of fused-ring (bicyclic) bond motifs is 1. The largest absolute Gasteiger partial charge is 0.492 e. The number of carbonyl (C=O) groups excluding carboxylic acids is 1. The molecule has 0 radical (unpaired) electrons. The van der Waals surface area contributed by atoms with Gasteiger partial charge in [0.05, 0.1) is 5.57 Å². The number of rotatable bonds is 6. The molecule has 2 aliphatic heterocycles. The monoisotopic (exact) mass is 349 g/mol. The van der Waals surface area contributed by atoms with Gasteiger partial charge in [0.2, 0.25) is 0 Å². The summed E-state index contributed by atoms with van der Waals surface area (Å²) in [6.45, 7) is 4.09. The van der Waals surface area contributed by atoms with Crippen molar-refractivity contribution in [2.45, 2.75) is 12.8 Å². The molecular formula is C21H23N3O2. The predicted molar refractivity (Wildman–Crippen MR) is 104 cm³/mol. The Morgan fingerprint density at radius 1 is 1.08 bits per heavy atom. The summed E-state index contributed by atoms with van der Waals surface area (Å²) in [7, 11) is 0. The van der Waals surface area contributed by atoms with Crippen LogP contribution in [0.4, 0.5) is 11.4 Å². The first-order chi connectivity index (χ1) is 12.8. The molecule has 0 aromatic heterocycles. The lowest BCUT2D eigenvalue weighted by Gasteiger charge is -2.15. The van der Waals surface area contributed by atoms with Gasteiger partial charge >= 0.3 is 0 Å². The maximum atomic E-state index is 12.1. The van der Waals surface area contributed by atoms with Crippen LogP contribution in [0.2, 0.25) is 0 Å². The van der Waals surface area contributed by atoms with Crippen molar-refractivity contribution in [3.63, 3.8) is 0 Å². The van der Waals surface area contributed by atoms with Crippen LogP contribution in [0.15, 0.2) is 54.7 Å². The van der Waals surface area contributed by atoms with Gasteiger partial charge in [-0.15, -0.1) is 0 Å². The molecule has 1 amide bonds. The lowest BCUT2D eigenvalue weighted by Crippen LogP contribution is -2.25. The Labute approximate surface area is 153 Å². The molecule has 1 fully saturated rings. The summed E-state index contributed by atoms with van der Waals surface area (Å²) in [5, 5.41) is 6.07. The van der Waals surface area contributed by atoms with Crippen LogP contribution >= 0.6 is 0 Å². The zero-order chi connectivity index (χ0) is 17.8. The molecule has 0 aliphatic carbocycles. The Kier molecular flexibility index (Phi) is 4.88. The van der Waals surface area contributed by atoms with Gasteiger partial charge in [-0.2, -0.15) is 0 Å². The molecule has 2 heterocycles. The van der Waals surface area contributed by atoms with Crippen molar-refractivity contribution in [3.05, 3.63) is 60.3 Å². The highest BCUT2D eigenvalue weighted by Gasteiger charge is 2.23. The van der Waals surface area contributed by atoms with E-state index in [1.54, 1.807) is 6.20 Å². The molecule has 5 heteroatoms. The normalized spacial score (nSPS) is 18.0. The van der Waals surface area contributed by atoms with E-state index in [0.29, 0.717) is 12.2 Å². The molecule has 5 nitrogen and oxygen atoms in total. The topological polar surface area (TPSA) is 53.6 Å². The first-order valence-electron chi connectivity index (χ1n) is 9.12. The van der Waals surface area contributed by atoms with E-state index in [4.69, 9.17) is 4.74 Å². The van der Waals surface area contributed by atoms with E-state index in [-0.39, 0.29) is 5.91 Å². The number of carbonyl (C=O) groups is 1. The molecule has 26 heavy (non-hydrogen) atoms. The molecule has 0 atom stereocenters. The number of hydrogen-bond donors (Lipinski definition) is 2. The maximum absolute atomic E-state index is 12.1. The zero-order valence-electron chi connectivity index (χ0n) is 14.7. The van der Waals surface area contributed by atoms with Crippen LogP contribution in [0.1, 0.15) is 18.4 Å². The second-order valence-corrected chi connectivity index (χ2v) is 6.62. The fourth-order valence-corrected chi connectivity index (χ4v) is 3.38. The summed E-state index contributed by atoms with van der Waals surface area (Å²) < 4.78 is 5.82. The minimum absolute atomic E-state index is 0.0828. The highest BCUT2D eigenvalue weighted by Crippen LogP contribution is 2.31. The van der Waals surface area contributed by atoms with Crippen LogP contribution in [-0.4, -0.2) is 37.0 Å². The van der Waals surface area contributed by atoms with Crippen molar-refractivity contribution in [1.29, 1.82) is 0 Å².